The third kappa shape index (κ3) is 4.48. The second-order valence-corrected chi connectivity index (χ2v) is 7.17. The van der Waals surface area contributed by atoms with Crippen LogP contribution in [0.25, 0.3) is 0 Å². The Hall–Kier alpha value is -2.93. The summed E-state index contributed by atoms with van der Waals surface area (Å²) in [6, 6.07) is 14.2. The zero-order valence-electron chi connectivity index (χ0n) is 16.1. The van der Waals surface area contributed by atoms with Gasteiger partial charge in [0.25, 0.3) is 11.6 Å². The number of amides is 1. The van der Waals surface area contributed by atoms with Crippen molar-refractivity contribution < 1.29 is 14.5 Å². The van der Waals surface area contributed by atoms with Gasteiger partial charge in [-0.1, -0.05) is 44.2 Å². The normalized spacial score (nSPS) is 15.3. The lowest BCUT2D eigenvalue weighted by atomic mass is 9.95. The molecule has 1 aliphatic heterocycles. The molecule has 0 spiro atoms. The fourth-order valence-corrected chi connectivity index (χ4v) is 3.40. The molecule has 1 unspecified atom stereocenters. The van der Waals surface area contributed by atoms with Gasteiger partial charge in [0.2, 0.25) is 0 Å². The van der Waals surface area contributed by atoms with Crippen molar-refractivity contribution in [2.24, 2.45) is 5.92 Å². The molecule has 2 aromatic rings. The Balaban J connectivity index is 1.85. The predicted octanol–water partition coefficient (Wildman–Crippen LogP) is 3.56. The maximum Gasteiger partial charge on any atom is 0.293 e. The monoisotopic (exact) mass is 383 g/mol. The summed E-state index contributed by atoms with van der Waals surface area (Å²) >= 11 is 0. The van der Waals surface area contributed by atoms with Crippen molar-refractivity contribution in [2.75, 3.05) is 31.2 Å². The number of nitro benzene ring substituents is 1. The van der Waals surface area contributed by atoms with E-state index in [2.05, 4.69) is 5.32 Å². The molecule has 0 aromatic heterocycles. The zero-order chi connectivity index (χ0) is 20.1. The summed E-state index contributed by atoms with van der Waals surface area (Å²) in [6.07, 6.45) is 0. The van der Waals surface area contributed by atoms with Crippen LogP contribution in [0.3, 0.4) is 0 Å². The van der Waals surface area contributed by atoms with E-state index in [1.54, 1.807) is 12.1 Å². The number of rotatable bonds is 6. The van der Waals surface area contributed by atoms with E-state index in [4.69, 9.17) is 4.74 Å². The van der Waals surface area contributed by atoms with Crippen molar-refractivity contribution in [3.63, 3.8) is 0 Å². The lowest BCUT2D eigenvalue weighted by molar-refractivity contribution is -0.384. The van der Waals surface area contributed by atoms with Crippen molar-refractivity contribution in [1.29, 1.82) is 0 Å². The summed E-state index contributed by atoms with van der Waals surface area (Å²) in [7, 11) is 0. The van der Waals surface area contributed by atoms with Crippen LogP contribution in [0.2, 0.25) is 0 Å². The highest BCUT2D eigenvalue weighted by Gasteiger charge is 2.25. The number of carbonyl (C=O) groups is 1. The summed E-state index contributed by atoms with van der Waals surface area (Å²) in [4.78, 5) is 25.9. The van der Waals surface area contributed by atoms with E-state index in [-0.39, 0.29) is 29.1 Å². The molecule has 2 aromatic carbocycles. The molecule has 0 bridgehead atoms. The number of benzene rings is 2. The van der Waals surface area contributed by atoms with E-state index < -0.39 is 4.92 Å². The van der Waals surface area contributed by atoms with Gasteiger partial charge in [-0.2, -0.15) is 0 Å². The van der Waals surface area contributed by atoms with E-state index in [1.165, 1.54) is 6.07 Å². The first-order valence-corrected chi connectivity index (χ1v) is 9.44. The van der Waals surface area contributed by atoms with Crippen LogP contribution in [0.1, 0.15) is 35.8 Å². The SMILES string of the molecule is CC(C)C(NC(=O)c1ccc(N2CCOCC2)c([N+](=O)[O-])c1)c1ccccc1. The van der Waals surface area contributed by atoms with Crippen molar-refractivity contribution in [1.82, 2.24) is 5.32 Å². The number of hydrogen-bond acceptors (Lipinski definition) is 5. The van der Waals surface area contributed by atoms with Crippen LogP contribution in [-0.2, 0) is 4.74 Å². The largest absolute Gasteiger partial charge is 0.378 e. The zero-order valence-corrected chi connectivity index (χ0v) is 16.1. The topological polar surface area (TPSA) is 84.7 Å². The van der Waals surface area contributed by atoms with Crippen LogP contribution in [0.15, 0.2) is 48.5 Å². The highest BCUT2D eigenvalue weighted by atomic mass is 16.6. The maximum absolute atomic E-state index is 12.8. The number of morpholine rings is 1. The first kappa shape index (κ1) is 19.8. The number of ether oxygens (including phenoxy) is 1. The number of anilines is 1. The molecular weight excluding hydrogens is 358 g/mol. The smallest absolute Gasteiger partial charge is 0.293 e. The van der Waals surface area contributed by atoms with Crippen molar-refractivity contribution in [3.8, 4) is 0 Å². The molecule has 7 nitrogen and oxygen atoms in total. The van der Waals surface area contributed by atoms with Gasteiger partial charge in [-0.25, -0.2) is 0 Å². The second-order valence-electron chi connectivity index (χ2n) is 7.17. The van der Waals surface area contributed by atoms with E-state index in [0.29, 0.717) is 32.0 Å². The lowest BCUT2D eigenvalue weighted by Crippen LogP contribution is -2.36. The van der Waals surface area contributed by atoms with Gasteiger partial charge in [0.05, 0.1) is 24.2 Å². The molecular formula is C21H25N3O4. The number of nitrogens with one attached hydrogen (secondary N) is 1. The van der Waals surface area contributed by atoms with Gasteiger partial charge in [0, 0.05) is 24.7 Å². The number of nitro groups is 1. The van der Waals surface area contributed by atoms with Crippen LogP contribution < -0.4 is 10.2 Å². The Bertz CT molecular complexity index is 833. The molecule has 1 atom stereocenters. The summed E-state index contributed by atoms with van der Waals surface area (Å²) in [5.74, 6) is -0.145. The predicted molar refractivity (Wildman–Crippen MR) is 108 cm³/mol. The van der Waals surface area contributed by atoms with Gasteiger partial charge < -0.3 is 15.0 Å². The average Bonchev–Trinajstić information content (AvgIpc) is 2.72. The minimum Gasteiger partial charge on any atom is -0.378 e. The molecule has 0 aliphatic carbocycles. The minimum atomic E-state index is -0.432. The van der Waals surface area contributed by atoms with E-state index in [9.17, 15) is 14.9 Å². The number of carbonyl (C=O) groups excluding carboxylic acids is 1. The minimum absolute atomic E-state index is 0.0599. The molecule has 0 radical (unpaired) electrons. The highest BCUT2D eigenvalue weighted by Crippen LogP contribution is 2.30. The summed E-state index contributed by atoms with van der Waals surface area (Å²) in [6.45, 7) is 6.31. The molecule has 1 fully saturated rings. The fourth-order valence-electron chi connectivity index (χ4n) is 3.40. The quantitative estimate of drug-likeness (QED) is 0.609. The molecule has 28 heavy (non-hydrogen) atoms. The third-order valence-electron chi connectivity index (χ3n) is 4.90. The van der Waals surface area contributed by atoms with Crippen molar-refractivity contribution >= 4 is 17.3 Å². The first-order chi connectivity index (χ1) is 13.5. The first-order valence-electron chi connectivity index (χ1n) is 9.44. The summed E-state index contributed by atoms with van der Waals surface area (Å²) < 4.78 is 5.32. The van der Waals surface area contributed by atoms with Crippen LogP contribution in [0.5, 0.6) is 0 Å². The van der Waals surface area contributed by atoms with E-state index >= 15 is 0 Å². The molecule has 1 amide bonds. The molecule has 1 heterocycles. The van der Waals surface area contributed by atoms with E-state index in [0.717, 1.165) is 5.56 Å². The summed E-state index contributed by atoms with van der Waals surface area (Å²) in [5.41, 5.74) is 1.75. The standard InChI is InChI=1S/C21H25N3O4/c1-15(2)20(16-6-4-3-5-7-16)22-21(25)17-8-9-18(19(14-17)24(26)27)23-10-12-28-13-11-23/h3-9,14-15,20H,10-13H2,1-2H3,(H,22,25). The van der Waals surface area contributed by atoms with Gasteiger partial charge in [-0.05, 0) is 23.6 Å². The Labute approximate surface area is 164 Å². The molecule has 7 heteroatoms. The molecule has 1 saturated heterocycles. The Morgan fingerprint density at radius 2 is 1.82 bits per heavy atom. The van der Waals surface area contributed by atoms with Crippen LogP contribution in [0, 0.1) is 16.0 Å². The Kier molecular flexibility index (Phi) is 6.26. The van der Waals surface area contributed by atoms with Crippen molar-refractivity contribution in [3.05, 3.63) is 69.8 Å². The Morgan fingerprint density at radius 1 is 1.14 bits per heavy atom. The van der Waals surface area contributed by atoms with Crippen molar-refractivity contribution in [2.45, 2.75) is 19.9 Å². The van der Waals surface area contributed by atoms with Gasteiger partial charge in [-0.3, -0.25) is 14.9 Å². The van der Waals surface area contributed by atoms with Crippen LogP contribution in [-0.4, -0.2) is 37.1 Å². The highest BCUT2D eigenvalue weighted by molar-refractivity contribution is 5.96. The molecule has 3 rings (SSSR count). The fraction of sp³-hybridized carbons (Fsp3) is 0.381. The number of hydrogen-bond donors (Lipinski definition) is 1. The second kappa shape index (κ2) is 8.84. The van der Waals surface area contributed by atoms with Gasteiger partial charge in [0.1, 0.15) is 5.69 Å². The van der Waals surface area contributed by atoms with Gasteiger partial charge >= 0.3 is 0 Å². The van der Waals surface area contributed by atoms with Gasteiger partial charge in [-0.15, -0.1) is 0 Å². The molecule has 1 aliphatic rings. The van der Waals surface area contributed by atoms with Crippen LogP contribution >= 0.6 is 0 Å². The summed E-state index contributed by atoms with van der Waals surface area (Å²) in [5, 5.41) is 14.6. The molecule has 0 saturated carbocycles. The third-order valence-corrected chi connectivity index (χ3v) is 4.90. The lowest BCUT2D eigenvalue weighted by Gasteiger charge is -2.28. The molecule has 148 valence electrons. The maximum atomic E-state index is 12.8. The molecule has 1 N–H and O–H groups in total. The van der Waals surface area contributed by atoms with Gasteiger partial charge in [0.15, 0.2) is 0 Å². The van der Waals surface area contributed by atoms with Crippen LogP contribution in [0.4, 0.5) is 11.4 Å². The average molecular weight is 383 g/mol. The number of nitrogens with zero attached hydrogens (tertiary/aromatic N) is 2. The Morgan fingerprint density at radius 3 is 2.43 bits per heavy atom. The van der Waals surface area contributed by atoms with E-state index in [1.807, 2.05) is 49.1 Å².